The molecule has 3 aromatic rings. The third kappa shape index (κ3) is 7.29. The van der Waals surface area contributed by atoms with Gasteiger partial charge in [0.1, 0.15) is 5.75 Å². The standard InChI is InChI=1S/C23H14Cl2F3N3O4/c24-16-3-1-2-14(10-16)22(34)35-17-7-4-13(5-8-17)12-29-31-21(33)20(32)30-19-11-15(23(26,27)28)6-9-18(19)25/h1-12H,(H,30,32)(H,31,33)/b29-12+. The van der Waals surface area contributed by atoms with Gasteiger partial charge in [-0.1, -0.05) is 29.3 Å². The van der Waals surface area contributed by atoms with E-state index in [-0.39, 0.29) is 22.0 Å². The van der Waals surface area contributed by atoms with Crippen LogP contribution >= 0.6 is 23.2 Å². The van der Waals surface area contributed by atoms with Crippen LogP contribution in [0.25, 0.3) is 0 Å². The molecule has 0 saturated carbocycles. The Morgan fingerprint density at radius 2 is 1.63 bits per heavy atom. The van der Waals surface area contributed by atoms with Crippen LogP contribution in [0.5, 0.6) is 5.75 Å². The van der Waals surface area contributed by atoms with Crippen molar-refractivity contribution in [2.75, 3.05) is 5.32 Å². The van der Waals surface area contributed by atoms with Crippen molar-refractivity contribution in [1.82, 2.24) is 5.43 Å². The predicted octanol–water partition coefficient (Wildman–Crippen LogP) is 5.32. The molecule has 0 atom stereocenters. The molecular weight excluding hydrogens is 510 g/mol. The molecule has 7 nitrogen and oxygen atoms in total. The Balaban J connectivity index is 1.55. The lowest BCUT2D eigenvalue weighted by molar-refractivity contribution is -0.137. The van der Waals surface area contributed by atoms with Crippen LogP contribution in [0.15, 0.2) is 71.8 Å². The van der Waals surface area contributed by atoms with Crippen LogP contribution < -0.4 is 15.5 Å². The minimum absolute atomic E-state index is 0.182. The van der Waals surface area contributed by atoms with E-state index < -0.39 is 29.5 Å². The molecule has 0 unspecified atom stereocenters. The van der Waals surface area contributed by atoms with Crippen LogP contribution in [-0.4, -0.2) is 24.0 Å². The highest BCUT2D eigenvalue weighted by atomic mass is 35.5. The van der Waals surface area contributed by atoms with Crippen LogP contribution in [0.1, 0.15) is 21.5 Å². The van der Waals surface area contributed by atoms with E-state index in [4.69, 9.17) is 27.9 Å². The van der Waals surface area contributed by atoms with Crippen molar-refractivity contribution in [3.63, 3.8) is 0 Å². The van der Waals surface area contributed by atoms with Gasteiger partial charge < -0.3 is 10.1 Å². The first kappa shape index (κ1) is 25.7. The number of hydrogen-bond acceptors (Lipinski definition) is 5. The lowest BCUT2D eigenvalue weighted by atomic mass is 10.2. The molecule has 12 heteroatoms. The van der Waals surface area contributed by atoms with Crippen molar-refractivity contribution in [3.05, 3.63) is 93.5 Å². The molecule has 3 aromatic carbocycles. The van der Waals surface area contributed by atoms with Crippen LogP contribution in [0.2, 0.25) is 10.0 Å². The van der Waals surface area contributed by atoms with E-state index in [0.717, 1.165) is 12.1 Å². The van der Waals surface area contributed by atoms with Gasteiger partial charge in [-0.15, -0.1) is 0 Å². The molecular formula is C23H14Cl2F3N3O4. The number of ether oxygens (including phenoxy) is 1. The number of rotatable bonds is 5. The first-order valence-corrected chi connectivity index (χ1v) is 10.4. The van der Waals surface area contributed by atoms with E-state index >= 15 is 0 Å². The highest BCUT2D eigenvalue weighted by Gasteiger charge is 2.31. The number of benzene rings is 3. The van der Waals surface area contributed by atoms with Gasteiger partial charge in [0.2, 0.25) is 0 Å². The summed E-state index contributed by atoms with van der Waals surface area (Å²) in [6, 6.07) is 14.6. The topological polar surface area (TPSA) is 96.9 Å². The third-order valence-corrected chi connectivity index (χ3v) is 4.84. The first-order valence-electron chi connectivity index (χ1n) is 9.62. The molecule has 0 aliphatic heterocycles. The zero-order valence-electron chi connectivity index (χ0n) is 17.4. The number of esters is 1. The lowest BCUT2D eigenvalue weighted by Gasteiger charge is -2.11. The number of nitrogens with zero attached hydrogens (tertiary/aromatic N) is 1. The molecule has 0 aliphatic carbocycles. The van der Waals surface area contributed by atoms with Crippen LogP contribution in [0.4, 0.5) is 18.9 Å². The Bertz CT molecular complexity index is 1300. The smallest absolute Gasteiger partial charge is 0.416 e. The van der Waals surface area contributed by atoms with Crippen molar-refractivity contribution in [2.45, 2.75) is 6.18 Å². The normalized spacial score (nSPS) is 11.2. The minimum Gasteiger partial charge on any atom is -0.423 e. The second kappa shape index (κ2) is 11.0. The summed E-state index contributed by atoms with van der Waals surface area (Å²) >= 11 is 11.6. The summed E-state index contributed by atoms with van der Waals surface area (Å²) in [5.41, 5.74) is 1.27. The number of alkyl halides is 3. The maximum absolute atomic E-state index is 12.8. The second-order valence-electron chi connectivity index (χ2n) is 6.81. The van der Waals surface area contributed by atoms with E-state index in [9.17, 15) is 27.6 Å². The highest BCUT2D eigenvalue weighted by molar-refractivity contribution is 6.41. The molecule has 0 saturated heterocycles. The van der Waals surface area contributed by atoms with E-state index in [1.165, 1.54) is 36.5 Å². The zero-order chi connectivity index (χ0) is 25.6. The molecule has 2 N–H and O–H groups in total. The molecule has 0 bridgehead atoms. The van der Waals surface area contributed by atoms with Crippen molar-refractivity contribution in [2.24, 2.45) is 5.10 Å². The van der Waals surface area contributed by atoms with Gasteiger partial charge in [-0.2, -0.15) is 18.3 Å². The van der Waals surface area contributed by atoms with Gasteiger partial charge in [0, 0.05) is 5.02 Å². The van der Waals surface area contributed by atoms with Crippen molar-refractivity contribution in [3.8, 4) is 5.75 Å². The monoisotopic (exact) mass is 523 g/mol. The molecule has 0 aliphatic rings. The summed E-state index contributed by atoms with van der Waals surface area (Å²) in [7, 11) is 0. The molecule has 3 rings (SSSR count). The number of hydrogen-bond donors (Lipinski definition) is 2. The minimum atomic E-state index is -4.65. The number of halogens is 5. The van der Waals surface area contributed by atoms with E-state index in [2.05, 4.69) is 5.10 Å². The summed E-state index contributed by atoms with van der Waals surface area (Å²) in [5, 5.41) is 5.82. The average Bonchev–Trinajstić information content (AvgIpc) is 2.80. The maximum Gasteiger partial charge on any atom is 0.416 e. The number of amides is 2. The fraction of sp³-hybridized carbons (Fsp3) is 0.0435. The second-order valence-corrected chi connectivity index (χ2v) is 7.66. The Hall–Kier alpha value is -3.89. The molecule has 0 fully saturated rings. The predicted molar refractivity (Wildman–Crippen MR) is 124 cm³/mol. The van der Waals surface area contributed by atoms with Crippen LogP contribution in [-0.2, 0) is 15.8 Å². The van der Waals surface area contributed by atoms with Gasteiger partial charge in [0.25, 0.3) is 0 Å². The average molecular weight is 524 g/mol. The third-order valence-electron chi connectivity index (χ3n) is 4.28. The van der Waals surface area contributed by atoms with Crippen LogP contribution in [0.3, 0.4) is 0 Å². The number of carbonyl (C=O) groups is 3. The molecule has 0 heterocycles. The number of anilines is 1. The molecule has 180 valence electrons. The van der Waals surface area contributed by atoms with Gasteiger partial charge in [-0.05, 0) is 66.2 Å². The SMILES string of the molecule is O=C(N/N=C/c1ccc(OC(=O)c2cccc(Cl)c2)cc1)C(=O)Nc1cc(C(F)(F)F)ccc1Cl. The van der Waals surface area contributed by atoms with Gasteiger partial charge >= 0.3 is 24.0 Å². The molecule has 35 heavy (non-hydrogen) atoms. The number of nitrogens with one attached hydrogen (secondary N) is 2. The Kier molecular flexibility index (Phi) is 8.10. The van der Waals surface area contributed by atoms with E-state index in [1.54, 1.807) is 18.2 Å². The summed E-state index contributed by atoms with van der Waals surface area (Å²) in [5.74, 6) is -2.87. The number of hydrazone groups is 1. The largest absolute Gasteiger partial charge is 0.423 e. The maximum atomic E-state index is 12.8. The summed E-state index contributed by atoms with van der Waals surface area (Å²) in [6.45, 7) is 0. The zero-order valence-corrected chi connectivity index (χ0v) is 18.9. The highest BCUT2D eigenvalue weighted by Crippen LogP contribution is 2.33. The van der Waals surface area contributed by atoms with Gasteiger partial charge in [-0.25, -0.2) is 10.2 Å². The Morgan fingerprint density at radius 3 is 2.29 bits per heavy atom. The quantitative estimate of drug-likeness (QED) is 0.155. The Labute approximate surface area is 206 Å². The molecule has 0 radical (unpaired) electrons. The molecule has 0 spiro atoms. The van der Waals surface area contributed by atoms with Crippen LogP contribution in [0, 0.1) is 0 Å². The number of carbonyl (C=O) groups excluding carboxylic acids is 3. The Morgan fingerprint density at radius 1 is 0.914 bits per heavy atom. The fourth-order valence-electron chi connectivity index (χ4n) is 2.60. The van der Waals surface area contributed by atoms with Gasteiger partial charge in [-0.3, -0.25) is 9.59 Å². The lowest BCUT2D eigenvalue weighted by Crippen LogP contribution is -2.32. The van der Waals surface area contributed by atoms with Crippen molar-refractivity contribution in [1.29, 1.82) is 0 Å². The molecule has 0 aromatic heterocycles. The van der Waals surface area contributed by atoms with Crippen molar-refractivity contribution < 1.29 is 32.3 Å². The first-order chi connectivity index (χ1) is 16.5. The van der Waals surface area contributed by atoms with E-state index in [1.807, 2.05) is 10.7 Å². The van der Waals surface area contributed by atoms with Gasteiger partial charge in [0.05, 0.1) is 28.1 Å². The van der Waals surface area contributed by atoms with E-state index in [0.29, 0.717) is 16.7 Å². The van der Waals surface area contributed by atoms with Gasteiger partial charge in [0.15, 0.2) is 0 Å². The molecule has 2 amide bonds. The fourth-order valence-corrected chi connectivity index (χ4v) is 2.95. The summed E-state index contributed by atoms with van der Waals surface area (Å²) in [4.78, 5) is 36.0. The van der Waals surface area contributed by atoms with Crippen molar-refractivity contribution >= 4 is 52.9 Å². The summed E-state index contributed by atoms with van der Waals surface area (Å²) in [6.07, 6.45) is -3.45. The summed E-state index contributed by atoms with van der Waals surface area (Å²) < 4.78 is 43.7.